The number of ether oxygens (including phenoxy) is 1. The van der Waals surface area contributed by atoms with Gasteiger partial charge in [0.15, 0.2) is 0 Å². The van der Waals surface area contributed by atoms with Crippen molar-refractivity contribution >= 4 is 17.3 Å². The molecule has 114 valence electrons. The van der Waals surface area contributed by atoms with Crippen molar-refractivity contribution in [2.45, 2.75) is 19.9 Å². The Balaban J connectivity index is 1.95. The van der Waals surface area contributed by atoms with Crippen LogP contribution in [0.2, 0.25) is 0 Å². The van der Waals surface area contributed by atoms with Crippen LogP contribution >= 0.6 is 0 Å². The highest BCUT2D eigenvalue weighted by Gasteiger charge is 2.03. The van der Waals surface area contributed by atoms with Gasteiger partial charge < -0.3 is 19.5 Å². The third-order valence-electron chi connectivity index (χ3n) is 3.25. The number of hydrogen-bond donors (Lipinski definition) is 1. The van der Waals surface area contributed by atoms with Gasteiger partial charge in [-0.05, 0) is 37.6 Å². The Labute approximate surface area is 126 Å². The van der Waals surface area contributed by atoms with Gasteiger partial charge in [0.2, 0.25) is 5.95 Å². The number of nitrogens with one attached hydrogen (secondary N) is 1. The normalized spacial score (nSPS) is 10.6. The molecule has 0 fully saturated rings. The number of hydrogen-bond acceptors (Lipinski definition) is 4. The smallest absolute Gasteiger partial charge is 0.207 e. The van der Waals surface area contributed by atoms with Gasteiger partial charge in [0, 0.05) is 57.6 Å². The van der Waals surface area contributed by atoms with Crippen LogP contribution in [-0.2, 0) is 11.3 Å². The van der Waals surface area contributed by atoms with Gasteiger partial charge in [0.25, 0.3) is 0 Å². The molecule has 2 rings (SSSR count). The van der Waals surface area contributed by atoms with E-state index in [9.17, 15) is 0 Å². The number of aryl methyl sites for hydroxylation is 1. The van der Waals surface area contributed by atoms with Crippen LogP contribution in [0.4, 0.5) is 17.3 Å². The fourth-order valence-electron chi connectivity index (χ4n) is 2.07. The molecule has 1 aromatic heterocycles. The molecule has 1 aromatic carbocycles. The molecule has 0 saturated carbocycles. The molecular formula is C16H24N4O. The summed E-state index contributed by atoms with van der Waals surface area (Å²) in [6.07, 6.45) is 4.79. The fourth-order valence-corrected chi connectivity index (χ4v) is 2.07. The predicted octanol–water partition coefficient (Wildman–Crippen LogP) is 3.12. The lowest BCUT2D eigenvalue weighted by Gasteiger charge is -2.14. The maximum absolute atomic E-state index is 5.37. The van der Waals surface area contributed by atoms with E-state index in [0.717, 1.165) is 37.8 Å². The zero-order valence-corrected chi connectivity index (χ0v) is 13.0. The van der Waals surface area contributed by atoms with E-state index in [-0.39, 0.29) is 0 Å². The Hall–Kier alpha value is -2.01. The molecule has 5 nitrogen and oxygen atoms in total. The molecule has 0 saturated heterocycles. The molecule has 0 aliphatic carbocycles. The maximum Gasteiger partial charge on any atom is 0.207 e. The minimum Gasteiger partial charge on any atom is -0.382 e. The van der Waals surface area contributed by atoms with Gasteiger partial charge >= 0.3 is 0 Å². The van der Waals surface area contributed by atoms with Crippen molar-refractivity contribution in [3.63, 3.8) is 0 Å². The number of nitrogens with zero attached hydrogens (tertiary/aromatic N) is 3. The summed E-state index contributed by atoms with van der Waals surface area (Å²) in [5, 5.41) is 3.35. The molecule has 0 unspecified atom stereocenters. The number of anilines is 3. The summed E-state index contributed by atoms with van der Waals surface area (Å²) in [5.74, 6) is 0.865. The van der Waals surface area contributed by atoms with Crippen LogP contribution in [0.25, 0.3) is 0 Å². The Morgan fingerprint density at radius 3 is 2.67 bits per heavy atom. The molecule has 0 aliphatic heterocycles. The lowest BCUT2D eigenvalue weighted by Crippen LogP contribution is -2.08. The van der Waals surface area contributed by atoms with E-state index in [1.54, 1.807) is 0 Å². The van der Waals surface area contributed by atoms with E-state index in [1.807, 2.05) is 33.4 Å². The van der Waals surface area contributed by atoms with Crippen LogP contribution in [0, 0.1) is 0 Å². The lowest BCUT2D eigenvalue weighted by molar-refractivity contribution is 0.142. The maximum atomic E-state index is 5.37. The van der Waals surface area contributed by atoms with Gasteiger partial charge in [-0.3, -0.25) is 0 Å². The standard InChI is InChI=1S/C16H24N4O/c1-4-21-13-5-11-20-12-10-17-16(20)18-14-6-8-15(9-7-14)19(2)3/h6-10,12H,4-5,11,13H2,1-3H3,(H,17,18). The quantitative estimate of drug-likeness (QED) is 0.758. The molecule has 0 aliphatic rings. The number of imidazole rings is 1. The second-order valence-corrected chi connectivity index (χ2v) is 5.06. The van der Waals surface area contributed by atoms with Gasteiger partial charge in [-0.1, -0.05) is 0 Å². The summed E-state index contributed by atoms with van der Waals surface area (Å²) in [4.78, 5) is 6.45. The third-order valence-corrected chi connectivity index (χ3v) is 3.25. The molecule has 5 heteroatoms. The first-order valence-electron chi connectivity index (χ1n) is 7.34. The van der Waals surface area contributed by atoms with E-state index in [2.05, 4.69) is 44.0 Å². The van der Waals surface area contributed by atoms with E-state index >= 15 is 0 Å². The predicted molar refractivity (Wildman–Crippen MR) is 87.4 cm³/mol. The van der Waals surface area contributed by atoms with Crippen LogP contribution in [0.1, 0.15) is 13.3 Å². The van der Waals surface area contributed by atoms with Crippen molar-refractivity contribution in [3.05, 3.63) is 36.7 Å². The Morgan fingerprint density at radius 1 is 1.24 bits per heavy atom. The minimum absolute atomic E-state index is 0.771. The highest BCUT2D eigenvalue weighted by atomic mass is 16.5. The topological polar surface area (TPSA) is 42.3 Å². The molecule has 0 radical (unpaired) electrons. The number of benzene rings is 1. The van der Waals surface area contributed by atoms with Crippen LogP contribution < -0.4 is 10.2 Å². The molecule has 1 heterocycles. The second-order valence-electron chi connectivity index (χ2n) is 5.06. The van der Waals surface area contributed by atoms with Gasteiger partial charge in [-0.25, -0.2) is 4.98 Å². The minimum atomic E-state index is 0.771. The monoisotopic (exact) mass is 288 g/mol. The molecule has 0 amide bonds. The molecule has 21 heavy (non-hydrogen) atoms. The zero-order valence-electron chi connectivity index (χ0n) is 13.0. The average molecular weight is 288 g/mol. The SMILES string of the molecule is CCOCCCn1ccnc1Nc1ccc(N(C)C)cc1. The highest BCUT2D eigenvalue weighted by molar-refractivity contribution is 5.59. The summed E-state index contributed by atoms with van der Waals surface area (Å²) in [6, 6.07) is 8.30. The van der Waals surface area contributed by atoms with Crippen molar-refractivity contribution in [2.75, 3.05) is 37.5 Å². The molecule has 2 aromatic rings. The van der Waals surface area contributed by atoms with E-state index < -0.39 is 0 Å². The van der Waals surface area contributed by atoms with Crippen LogP contribution in [-0.4, -0.2) is 36.9 Å². The molecule has 1 N–H and O–H groups in total. The Kier molecular flexibility index (Phi) is 5.63. The van der Waals surface area contributed by atoms with Crippen LogP contribution in [0.5, 0.6) is 0 Å². The number of rotatable bonds is 8. The Morgan fingerprint density at radius 2 is 2.00 bits per heavy atom. The van der Waals surface area contributed by atoms with Crippen molar-refractivity contribution in [3.8, 4) is 0 Å². The van der Waals surface area contributed by atoms with Crippen LogP contribution in [0.3, 0.4) is 0 Å². The van der Waals surface area contributed by atoms with Gasteiger partial charge in [0.1, 0.15) is 0 Å². The number of aromatic nitrogens is 2. The summed E-state index contributed by atoms with van der Waals surface area (Å²) in [5.41, 5.74) is 2.22. The summed E-state index contributed by atoms with van der Waals surface area (Å²) in [7, 11) is 4.07. The van der Waals surface area contributed by atoms with Crippen molar-refractivity contribution in [2.24, 2.45) is 0 Å². The highest BCUT2D eigenvalue weighted by Crippen LogP contribution is 2.19. The summed E-state index contributed by atoms with van der Waals surface area (Å²) >= 11 is 0. The first-order chi connectivity index (χ1) is 10.2. The fraction of sp³-hybridized carbons (Fsp3) is 0.438. The van der Waals surface area contributed by atoms with Crippen LogP contribution in [0.15, 0.2) is 36.7 Å². The molecule has 0 spiro atoms. The van der Waals surface area contributed by atoms with Gasteiger partial charge in [-0.2, -0.15) is 0 Å². The first kappa shape index (κ1) is 15.4. The average Bonchev–Trinajstić information content (AvgIpc) is 2.91. The first-order valence-corrected chi connectivity index (χ1v) is 7.34. The lowest BCUT2D eigenvalue weighted by atomic mass is 10.2. The van der Waals surface area contributed by atoms with E-state index in [4.69, 9.17) is 4.74 Å². The Bertz CT molecular complexity index is 533. The molecular weight excluding hydrogens is 264 g/mol. The van der Waals surface area contributed by atoms with E-state index in [0.29, 0.717) is 0 Å². The third kappa shape index (κ3) is 4.49. The van der Waals surface area contributed by atoms with E-state index in [1.165, 1.54) is 5.69 Å². The summed E-state index contributed by atoms with van der Waals surface area (Å²) in [6.45, 7) is 4.47. The summed E-state index contributed by atoms with van der Waals surface area (Å²) < 4.78 is 7.48. The van der Waals surface area contributed by atoms with Crippen molar-refractivity contribution < 1.29 is 4.74 Å². The van der Waals surface area contributed by atoms with Crippen molar-refractivity contribution in [1.29, 1.82) is 0 Å². The molecule has 0 bridgehead atoms. The van der Waals surface area contributed by atoms with Gasteiger partial charge in [0.05, 0.1) is 0 Å². The van der Waals surface area contributed by atoms with Gasteiger partial charge in [-0.15, -0.1) is 0 Å². The largest absolute Gasteiger partial charge is 0.382 e. The zero-order chi connectivity index (χ0) is 15.1. The molecule has 0 atom stereocenters. The van der Waals surface area contributed by atoms with Crippen molar-refractivity contribution in [1.82, 2.24) is 9.55 Å². The second kappa shape index (κ2) is 7.69.